The van der Waals surface area contributed by atoms with Crippen molar-refractivity contribution >= 4 is 34.4 Å². The summed E-state index contributed by atoms with van der Waals surface area (Å²) in [5.74, 6) is 0. The van der Waals surface area contributed by atoms with Crippen LogP contribution >= 0.6 is 22.6 Å². The summed E-state index contributed by atoms with van der Waals surface area (Å²) in [5, 5.41) is 0. The summed E-state index contributed by atoms with van der Waals surface area (Å²) < 4.78 is 12.2. The van der Waals surface area contributed by atoms with Gasteiger partial charge in [0.2, 0.25) is 0 Å². The van der Waals surface area contributed by atoms with Crippen molar-refractivity contribution in [3.05, 3.63) is 22.0 Å². The quantitative estimate of drug-likeness (QED) is 0.518. The molecule has 0 aliphatic carbocycles. The second kappa shape index (κ2) is 9.29. The summed E-state index contributed by atoms with van der Waals surface area (Å²) in [6.07, 6.45) is 8.31. The van der Waals surface area contributed by atoms with Crippen molar-refractivity contribution in [3.63, 3.8) is 0 Å². The lowest BCUT2D eigenvalue weighted by Gasteiger charge is -2.29. The van der Waals surface area contributed by atoms with E-state index >= 15 is 0 Å². The van der Waals surface area contributed by atoms with Crippen LogP contribution in [0.25, 0.3) is 0 Å². The average Bonchev–Trinajstić information content (AvgIpc) is 2.54. The fourth-order valence-electron chi connectivity index (χ4n) is 2.38. The van der Waals surface area contributed by atoms with E-state index in [0.717, 1.165) is 48.0 Å². The molecule has 1 atom stereocenters. The summed E-state index contributed by atoms with van der Waals surface area (Å²) in [7, 11) is 0. The molecule has 1 saturated heterocycles. The van der Waals surface area contributed by atoms with E-state index in [1.54, 1.807) is 17.3 Å². The molecule has 0 N–H and O–H groups in total. The first-order valence-electron chi connectivity index (χ1n) is 7.87. The minimum atomic E-state index is -0.312. The van der Waals surface area contributed by atoms with Crippen LogP contribution in [0.2, 0.25) is 0 Å². The zero-order valence-corrected chi connectivity index (χ0v) is 15.1. The highest BCUT2D eigenvalue weighted by Crippen LogP contribution is 2.24. The third-order valence-corrected chi connectivity index (χ3v) is 4.56. The van der Waals surface area contributed by atoms with Crippen LogP contribution in [0.1, 0.15) is 39.0 Å². The van der Waals surface area contributed by atoms with Crippen molar-refractivity contribution in [3.8, 4) is 0 Å². The van der Waals surface area contributed by atoms with Crippen LogP contribution in [0, 0.1) is 3.57 Å². The van der Waals surface area contributed by atoms with Gasteiger partial charge in [-0.05, 0) is 54.3 Å². The van der Waals surface area contributed by atoms with Gasteiger partial charge < -0.3 is 9.47 Å². The molecular weight excluding hydrogens is 395 g/mol. The number of carbonyl (C=O) groups is 1. The molecule has 1 aliphatic heterocycles. The van der Waals surface area contributed by atoms with Crippen molar-refractivity contribution in [1.82, 2.24) is 4.98 Å². The van der Waals surface area contributed by atoms with Gasteiger partial charge in [-0.1, -0.05) is 13.3 Å². The number of pyridine rings is 1. The van der Waals surface area contributed by atoms with Gasteiger partial charge in [0.1, 0.15) is 0 Å². The fourth-order valence-corrected chi connectivity index (χ4v) is 2.97. The number of amides is 1. The molecule has 2 rings (SSSR count). The topological polar surface area (TPSA) is 51.7 Å². The molecule has 1 amide bonds. The highest BCUT2D eigenvalue weighted by Gasteiger charge is 2.25. The first-order valence-corrected chi connectivity index (χ1v) is 8.95. The number of hydrogen-bond donors (Lipinski definition) is 0. The second-order valence-corrected chi connectivity index (χ2v) is 6.56. The smallest absolute Gasteiger partial charge is 0.414 e. The maximum Gasteiger partial charge on any atom is 0.414 e. The van der Waals surface area contributed by atoms with E-state index < -0.39 is 0 Å². The number of nitrogens with zero attached hydrogens (tertiary/aromatic N) is 2. The Morgan fingerprint density at radius 2 is 2.41 bits per heavy atom. The van der Waals surface area contributed by atoms with Crippen molar-refractivity contribution in [1.29, 1.82) is 0 Å². The normalized spacial score (nSPS) is 18.0. The Hall–Kier alpha value is -0.890. The Kier molecular flexibility index (Phi) is 7.38. The minimum Gasteiger partial charge on any atom is -0.449 e. The zero-order chi connectivity index (χ0) is 15.8. The molecule has 2 heterocycles. The lowest BCUT2D eigenvalue weighted by atomic mass is 10.1. The Labute approximate surface area is 145 Å². The van der Waals surface area contributed by atoms with E-state index in [1.165, 1.54) is 0 Å². The SMILES string of the molecule is CCCCOC(=O)N(CC1CCCCO1)c1cnccc1I. The van der Waals surface area contributed by atoms with E-state index in [2.05, 4.69) is 34.5 Å². The van der Waals surface area contributed by atoms with E-state index in [1.807, 2.05) is 6.07 Å². The van der Waals surface area contributed by atoms with Crippen LogP contribution in [0.3, 0.4) is 0 Å². The van der Waals surface area contributed by atoms with E-state index in [4.69, 9.17) is 9.47 Å². The van der Waals surface area contributed by atoms with Gasteiger partial charge in [-0.25, -0.2) is 4.79 Å². The first kappa shape index (κ1) is 17.5. The predicted octanol–water partition coefficient (Wildman–Crippen LogP) is 4.00. The average molecular weight is 418 g/mol. The van der Waals surface area contributed by atoms with Crippen molar-refractivity contribution < 1.29 is 14.3 Å². The zero-order valence-electron chi connectivity index (χ0n) is 13.0. The number of anilines is 1. The van der Waals surface area contributed by atoms with Gasteiger partial charge in [0.05, 0.1) is 31.1 Å². The van der Waals surface area contributed by atoms with E-state index in [0.29, 0.717) is 13.2 Å². The Balaban J connectivity index is 2.09. The summed E-state index contributed by atoms with van der Waals surface area (Å²) in [6, 6.07) is 1.89. The largest absolute Gasteiger partial charge is 0.449 e. The molecule has 0 aromatic carbocycles. The predicted molar refractivity (Wildman–Crippen MR) is 94.1 cm³/mol. The van der Waals surface area contributed by atoms with Gasteiger partial charge in [-0.2, -0.15) is 0 Å². The number of hydrogen-bond acceptors (Lipinski definition) is 4. The van der Waals surface area contributed by atoms with E-state index in [-0.39, 0.29) is 12.2 Å². The molecule has 22 heavy (non-hydrogen) atoms. The summed E-state index contributed by atoms with van der Waals surface area (Å²) >= 11 is 2.22. The molecule has 0 bridgehead atoms. The molecule has 6 heteroatoms. The van der Waals surface area contributed by atoms with Crippen molar-refractivity contribution in [2.75, 3.05) is 24.7 Å². The van der Waals surface area contributed by atoms with Gasteiger partial charge in [0, 0.05) is 16.4 Å². The maximum atomic E-state index is 12.5. The molecule has 1 unspecified atom stereocenters. The Morgan fingerprint density at radius 1 is 1.55 bits per heavy atom. The van der Waals surface area contributed by atoms with Gasteiger partial charge in [0.15, 0.2) is 0 Å². The molecule has 0 saturated carbocycles. The molecule has 1 fully saturated rings. The van der Waals surface area contributed by atoms with Crippen LogP contribution in [0.4, 0.5) is 10.5 Å². The lowest BCUT2D eigenvalue weighted by Crippen LogP contribution is -2.40. The maximum absolute atomic E-state index is 12.5. The Morgan fingerprint density at radius 3 is 3.09 bits per heavy atom. The molecular formula is C16H23IN2O3. The van der Waals surface area contributed by atoms with Crippen LogP contribution in [0.5, 0.6) is 0 Å². The number of ether oxygens (including phenoxy) is 2. The first-order chi connectivity index (χ1) is 10.7. The molecule has 1 aromatic rings. The Bertz CT molecular complexity index is 478. The molecule has 0 radical (unpaired) electrons. The van der Waals surface area contributed by atoms with Crippen molar-refractivity contribution in [2.45, 2.75) is 45.1 Å². The third kappa shape index (κ3) is 5.08. The van der Waals surface area contributed by atoms with Gasteiger partial charge in [-0.3, -0.25) is 9.88 Å². The van der Waals surface area contributed by atoms with Crippen LogP contribution < -0.4 is 4.90 Å². The monoisotopic (exact) mass is 418 g/mol. The summed E-state index contributed by atoms with van der Waals surface area (Å²) in [6.45, 7) is 3.82. The number of aromatic nitrogens is 1. The third-order valence-electron chi connectivity index (χ3n) is 3.64. The lowest BCUT2D eigenvalue weighted by molar-refractivity contribution is 0.0204. The van der Waals surface area contributed by atoms with Crippen LogP contribution in [-0.2, 0) is 9.47 Å². The molecule has 122 valence electrons. The van der Waals surface area contributed by atoms with Gasteiger partial charge >= 0.3 is 6.09 Å². The second-order valence-electron chi connectivity index (χ2n) is 5.39. The molecule has 1 aromatic heterocycles. The summed E-state index contributed by atoms with van der Waals surface area (Å²) in [5.41, 5.74) is 0.791. The number of unbranched alkanes of at least 4 members (excludes halogenated alkanes) is 1. The molecule has 5 nitrogen and oxygen atoms in total. The standard InChI is InChI=1S/C16H23IN2O3/c1-2-3-9-22-16(20)19(12-13-6-4-5-10-21-13)15-11-18-8-7-14(15)17/h7-8,11,13H,2-6,9-10,12H2,1H3. The number of rotatable bonds is 6. The molecule has 0 spiro atoms. The van der Waals surface area contributed by atoms with Gasteiger partial charge in [0.25, 0.3) is 0 Å². The number of halogens is 1. The van der Waals surface area contributed by atoms with Crippen LogP contribution in [-0.4, -0.2) is 36.9 Å². The highest BCUT2D eigenvalue weighted by molar-refractivity contribution is 14.1. The molecule has 1 aliphatic rings. The number of carbonyl (C=O) groups excluding carboxylic acids is 1. The van der Waals surface area contributed by atoms with E-state index in [9.17, 15) is 4.79 Å². The van der Waals surface area contributed by atoms with Crippen LogP contribution in [0.15, 0.2) is 18.5 Å². The summed E-state index contributed by atoms with van der Waals surface area (Å²) in [4.78, 5) is 18.3. The minimum absolute atomic E-state index is 0.0727. The van der Waals surface area contributed by atoms with Gasteiger partial charge in [-0.15, -0.1) is 0 Å². The highest BCUT2D eigenvalue weighted by atomic mass is 127. The van der Waals surface area contributed by atoms with Crippen molar-refractivity contribution in [2.24, 2.45) is 0 Å². The fraction of sp³-hybridized carbons (Fsp3) is 0.625.